The molecule has 0 bridgehead atoms. The first kappa shape index (κ1) is 14.1. The maximum Gasteiger partial charge on any atom is 0.258 e. The fourth-order valence-electron chi connectivity index (χ4n) is 1.81. The topological polar surface area (TPSA) is 46.9 Å². The van der Waals surface area contributed by atoms with Gasteiger partial charge in [0.25, 0.3) is 5.91 Å². The first-order chi connectivity index (χ1) is 10.1. The van der Waals surface area contributed by atoms with Crippen molar-refractivity contribution in [3.05, 3.63) is 63.0 Å². The molecule has 1 amide bonds. The highest BCUT2D eigenvalue weighted by Crippen LogP contribution is 2.31. The van der Waals surface area contributed by atoms with E-state index in [1.165, 1.54) is 11.3 Å². The van der Waals surface area contributed by atoms with E-state index >= 15 is 0 Å². The molecular formula is C14H9Cl2N3OS. The van der Waals surface area contributed by atoms with Crippen molar-refractivity contribution in [3.8, 4) is 5.69 Å². The molecule has 4 nitrogen and oxygen atoms in total. The van der Waals surface area contributed by atoms with Crippen LogP contribution in [0.25, 0.3) is 5.69 Å². The van der Waals surface area contributed by atoms with E-state index < -0.39 is 0 Å². The largest absolute Gasteiger partial charge is 0.322 e. The maximum atomic E-state index is 12.1. The molecule has 0 aliphatic heterocycles. The standard InChI is InChI=1S/C14H9Cl2N3OS/c15-12-8-11(13(16)21-12)14(20)18-9-2-4-10(5-3-9)19-7-1-6-17-19/h1-8H,(H,18,20). The summed E-state index contributed by atoms with van der Waals surface area (Å²) in [6, 6.07) is 10.7. The molecule has 2 heterocycles. The molecule has 21 heavy (non-hydrogen) atoms. The number of hydrogen-bond donors (Lipinski definition) is 1. The minimum Gasteiger partial charge on any atom is -0.322 e. The van der Waals surface area contributed by atoms with Gasteiger partial charge in [-0.1, -0.05) is 23.2 Å². The predicted molar refractivity (Wildman–Crippen MR) is 85.9 cm³/mol. The summed E-state index contributed by atoms with van der Waals surface area (Å²) in [6.45, 7) is 0. The number of carbonyl (C=O) groups is 1. The number of rotatable bonds is 3. The van der Waals surface area contributed by atoms with E-state index in [-0.39, 0.29) is 5.91 Å². The van der Waals surface area contributed by atoms with Crippen LogP contribution in [-0.2, 0) is 0 Å². The molecule has 2 aromatic heterocycles. The van der Waals surface area contributed by atoms with Crippen molar-refractivity contribution in [1.82, 2.24) is 9.78 Å². The summed E-state index contributed by atoms with van der Waals surface area (Å²) in [5, 5.41) is 6.92. The molecule has 0 spiro atoms. The fraction of sp³-hybridized carbons (Fsp3) is 0. The number of aromatic nitrogens is 2. The Balaban J connectivity index is 1.76. The van der Waals surface area contributed by atoms with Gasteiger partial charge in [0.2, 0.25) is 0 Å². The number of halogens is 2. The number of amides is 1. The van der Waals surface area contributed by atoms with Crippen LogP contribution < -0.4 is 5.32 Å². The quantitative estimate of drug-likeness (QED) is 0.765. The van der Waals surface area contributed by atoms with Crippen LogP contribution in [0.1, 0.15) is 10.4 Å². The van der Waals surface area contributed by atoms with Crippen molar-refractivity contribution < 1.29 is 4.79 Å². The zero-order valence-electron chi connectivity index (χ0n) is 10.6. The Morgan fingerprint density at radius 2 is 2.00 bits per heavy atom. The van der Waals surface area contributed by atoms with Crippen molar-refractivity contribution in [2.45, 2.75) is 0 Å². The summed E-state index contributed by atoms with van der Waals surface area (Å²) >= 11 is 13.0. The van der Waals surface area contributed by atoms with Gasteiger partial charge in [0.1, 0.15) is 4.34 Å². The lowest BCUT2D eigenvalue weighted by atomic mass is 10.2. The Labute approximate surface area is 134 Å². The number of benzene rings is 1. The lowest BCUT2D eigenvalue weighted by Crippen LogP contribution is -2.11. The number of nitrogens with one attached hydrogen (secondary N) is 1. The maximum absolute atomic E-state index is 12.1. The summed E-state index contributed by atoms with van der Waals surface area (Å²) in [5.41, 5.74) is 1.96. The second-order valence-electron chi connectivity index (χ2n) is 4.19. The normalized spacial score (nSPS) is 10.6. The van der Waals surface area contributed by atoms with E-state index in [0.29, 0.717) is 19.9 Å². The Kier molecular flexibility index (Phi) is 3.96. The van der Waals surface area contributed by atoms with Crippen molar-refractivity contribution in [1.29, 1.82) is 0 Å². The third-order valence-corrected chi connectivity index (χ3v) is 4.28. The highest BCUT2D eigenvalue weighted by Gasteiger charge is 2.14. The highest BCUT2D eigenvalue weighted by molar-refractivity contribution is 7.20. The molecule has 0 atom stereocenters. The number of anilines is 1. The van der Waals surface area contributed by atoms with Gasteiger partial charge in [0, 0.05) is 18.1 Å². The van der Waals surface area contributed by atoms with Gasteiger partial charge in [-0.05, 0) is 36.4 Å². The first-order valence-corrected chi connectivity index (χ1v) is 7.57. The van der Waals surface area contributed by atoms with Gasteiger partial charge in [-0.2, -0.15) is 5.10 Å². The second-order valence-corrected chi connectivity index (χ2v) is 6.48. The van der Waals surface area contributed by atoms with E-state index in [1.54, 1.807) is 29.1 Å². The molecule has 3 rings (SSSR count). The molecule has 0 aliphatic rings. The number of nitrogens with zero attached hydrogens (tertiary/aromatic N) is 2. The van der Waals surface area contributed by atoms with Gasteiger partial charge >= 0.3 is 0 Å². The Morgan fingerprint density at radius 1 is 1.24 bits per heavy atom. The highest BCUT2D eigenvalue weighted by atomic mass is 35.5. The third kappa shape index (κ3) is 3.10. The molecule has 0 unspecified atom stereocenters. The van der Waals surface area contributed by atoms with Gasteiger partial charge < -0.3 is 5.32 Å². The number of carbonyl (C=O) groups excluding carboxylic acids is 1. The molecule has 0 radical (unpaired) electrons. The molecule has 1 N–H and O–H groups in total. The average molecular weight is 338 g/mol. The van der Waals surface area contributed by atoms with E-state index in [9.17, 15) is 4.79 Å². The molecule has 7 heteroatoms. The van der Waals surface area contributed by atoms with E-state index in [2.05, 4.69) is 10.4 Å². The van der Waals surface area contributed by atoms with Crippen LogP contribution in [0, 0.1) is 0 Å². The molecule has 0 fully saturated rings. The third-order valence-electron chi connectivity index (χ3n) is 2.80. The minimum atomic E-state index is -0.282. The SMILES string of the molecule is O=C(Nc1ccc(-n2cccn2)cc1)c1cc(Cl)sc1Cl. The monoisotopic (exact) mass is 337 g/mol. The molecule has 106 valence electrons. The molecular weight excluding hydrogens is 329 g/mol. The second kappa shape index (κ2) is 5.89. The molecule has 0 aliphatic carbocycles. The Morgan fingerprint density at radius 3 is 2.57 bits per heavy atom. The van der Waals surface area contributed by atoms with Gasteiger partial charge in [-0.25, -0.2) is 4.68 Å². The van der Waals surface area contributed by atoms with Gasteiger partial charge in [0.15, 0.2) is 0 Å². The van der Waals surface area contributed by atoms with E-state index in [1.807, 2.05) is 24.4 Å². The zero-order valence-corrected chi connectivity index (χ0v) is 12.9. The molecule has 0 saturated carbocycles. The number of hydrogen-bond acceptors (Lipinski definition) is 3. The van der Waals surface area contributed by atoms with Crippen LogP contribution in [0.3, 0.4) is 0 Å². The summed E-state index contributed by atoms with van der Waals surface area (Å²) in [6.07, 6.45) is 3.55. The first-order valence-electron chi connectivity index (χ1n) is 6.00. The van der Waals surface area contributed by atoms with Crippen LogP contribution in [0.5, 0.6) is 0 Å². The van der Waals surface area contributed by atoms with Crippen LogP contribution in [0.4, 0.5) is 5.69 Å². The molecule has 3 aromatic rings. The van der Waals surface area contributed by atoms with Crippen LogP contribution in [-0.4, -0.2) is 15.7 Å². The number of thiophene rings is 1. The Hall–Kier alpha value is -1.82. The van der Waals surface area contributed by atoms with Crippen molar-refractivity contribution >= 4 is 46.1 Å². The van der Waals surface area contributed by atoms with Gasteiger partial charge in [0.05, 0.1) is 15.6 Å². The van der Waals surface area contributed by atoms with Crippen molar-refractivity contribution in [3.63, 3.8) is 0 Å². The molecule has 1 aromatic carbocycles. The summed E-state index contributed by atoms with van der Waals surface area (Å²) in [4.78, 5) is 12.1. The smallest absolute Gasteiger partial charge is 0.258 e. The molecule has 0 saturated heterocycles. The summed E-state index contributed by atoms with van der Waals surface area (Å²) in [5.74, 6) is -0.282. The lowest BCUT2D eigenvalue weighted by molar-refractivity contribution is 0.102. The predicted octanol–water partition coefficient (Wildman–Crippen LogP) is 4.49. The lowest BCUT2D eigenvalue weighted by Gasteiger charge is -2.06. The van der Waals surface area contributed by atoms with Crippen LogP contribution in [0.15, 0.2) is 48.8 Å². The van der Waals surface area contributed by atoms with Gasteiger partial charge in [-0.15, -0.1) is 11.3 Å². The van der Waals surface area contributed by atoms with Gasteiger partial charge in [-0.3, -0.25) is 4.79 Å². The summed E-state index contributed by atoms with van der Waals surface area (Å²) < 4.78 is 2.60. The van der Waals surface area contributed by atoms with Crippen molar-refractivity contribution in [2.24, 2.45) is 0 Å². The Bertz CT molecular complexity index is 766. The fourth-order valence-corrected chi connectivity index (χ4v) is 3.27. The van der Waals surface area contributed by atoms with Crippen molar-refractivity contribution in [2.75, 3.05) is 5.32 Å². The van der Waals surface area contributed by atoms with E-state index in [4.69, 9.17) is 23.2 Å². The zero-order chi connectivity index (χ0) is 14.8. The average Bonchev–Trinajstić information content (AvgIpc) is 3.09. The van der Waals surface area contributed by atoms with Crippen LogP contribution in [0.2, 0.25) is 8.67 Å². The van der Waals surface area contributed by atoms with E-state index in [0.717, 1.165) is 5.69 Å². The van der Waals surface area contributed by atoms with Crippen LogP contribution >= 0.6 is 34.5 Å². The summed E-state index contributed by atoms with van der Waals surface area (Å²) in [7, 11) is 0. The minimum absolute atomic E-state index is 0.282.